The molecule has 0 amide bonds. The van der Waals surface area contributed by atoms with Crippen LogP contribution in [0.25, 0.3) is 89.5 Å². The van der Waals surface area contributed by atoms with E-state index in [0.29, 0.717) is 23.3 Å². The molecule has 6 nitrogen and oxygen atoms in total. The van der Waals surface area contributed by atoms with Crippen LogP contribution in [0.2, 0.25) is 0 Å². The van der Waals surface area contributed by atoms with Crippen molar-refractivity contribution in [3.63, 3.8) is 0 Å². The molecule has 0 N–H and O–H groups in total. The Balaban J connectivity index is 1.06. The van der Waals surface area contributed by atoms with E-state index >= 15 is 0 Å². The molecule has 0 saturated heterocycles. The highest BCUT2D eigenvalue weighted by Crippen LogP contribution is 2.35. The zero-order chi connectivity index (χ0) is 31.2. The Kier molecular flexibility index (Phi) is 6.35. The molecule has 6 heteroatoms. The zero-order valence-corrected chi connectivity index (χ0v) is 25.1. The Hall–Kier alpha value is -6.53. The van der Waals surface area contributed by atoms with E-state index in [2.05, 4.69) is 53.5 Å². The Labute approximate surface area is 270 Å². The minimum absolute atomic E-state index is 0.631. The minimum atomic E-state index is 0.631. The first-order valence-corrected chi connectivity index (χ1v) is 15.4. The van der Waals surface area contributed by atoms with Crippen molar-refractivity contribution in [2.45, 2.75) is 0 Å². The molecule has 0 saturated carbocycles. The van der Waals surface area contributed by atoms with E-state index in [1.165, 1.54) is 0 Å². The van der Waals surface area contributed by atoms with E-state index in [0.717, 1.165) is 66.2 Å². The minimum Gasteiger partial charge on any atom is -0.456 e. The Morgan fingerprint density at radius 1 is 0.362 bits per heavy atom. The number of para-hydroxylation sites is 1. The van der Waals surface area contributed by atoms with Crippen LogP contribution >= 0.6 is 0 Å². The Morgan fingerprint density at radius 2 is 0.936 bits per heavy atom. The van der Waals surface area contributed by atoms with Crippen molar-refractivity contribution in [2.75, 3.05) is 0 Å². The summed E-state index contributed by atoms with van der Waals surface area (Å²) >= 11 is 0. The van der Waals surface area contributed by atoms with Gasteiger partial charge in [-0.15, -0.1) is 0 Å². The number of nitrogens with zero attached hydrogens (tertiary/aromatic N) is 5. The van der Waals surface area contributed by atoms with E-state index in [1.807, 2.05) is 103 Å². The van der Waals surface area contributed by atoms with Gasteiger partial charge in [-0.3, -0.25) is 0 Å². The van der Waals surface area contributed by atoms with Gasteiger partial charge in [0.05, 0.1) is 5.52 Å². The van der Waals surface area contributed by atoms with Crippen molar-refractivity contribution in [3.8, 4) is 56.7 Å². The molecule has 0 aliphatic rings. The maximum Gasteiger partial charge on any atom is 0.164 e. The number of rotatable bonds is 5. The summed E-state index contributed by atoms with van der Waals surface area (Å²) < 4.78 is 6.29. The molecule has 0 unspecified atom stereocenters. The predicted octanol–water partition coefficient (Wildman–Crippen LogP) is 10.0. The smallest absolute Gasteiger partial charge is 0.164 e. The summed E-state index contributed by atoms with van der Waals surface area (Å²) in [6, 6.07) is 48.9. The van der Waals surface area contributed by atoms with Gasteiger partial charge in [0, 0.05) is 44.6 Å². The maximum atomic E-state index is 6.29. The van der Waals surface area contributed by atoms with Crippen LogP contribution in [-0.2, 0) is 0 Å². The van der Waals surface area contributed by atoms with Gasteiger partial charge in [0.25, 0.3) is 0 Å². The Morgan fingerprint density at radius 3 is 1.64 bits per heavy atom. The summed E-state index contributed by atoms with van der Waals surface area (Å²) in [4.78, 5) is 23.9. The quantitative estimate of drug-likeness (QED) is 0.195. The van der Waals surface area contributed by atoms with Gasteiger partial charge < -0.3 is 4.42 Å². The van der Waals surface area contributed by atoms with Crippen LogP contribution in [-0.4, -0.2) is 24.9 Å². The average Bonchev–Trinajstić information content (AvgIpc) is 3.52. The molecule has 9 aromatic rings. The molecule has 3 aromatic heterocycles. The second-order valence-corrected chi connectivity index (χ2v) is 11.4. The van der Waals surface area contributed by atoms with Crippen molar-refractivity contribution in [3.05, 3.63) is 152 Å². The van der Waals surface area contributed by atoms with Gasteiger partial charge in [-0.05, 0) is 41.5 Å². The van der Waals surface area contributed by atoms with Crippen molar-refractivity contribution in [1.82, 2.24) is 24.9 Å². The first-order valence-electron chi connectivity index (χ1n) is 15.4. The van der Waals surface area contributed by atoms with Crippen LogP contribution in [0.1, 0.15) is 0 Å². The lowest BCUT2D eigenvalue weighted by Crippen LogP contribution is -2.00. The van der Waals surface area contributed by atoms with Crippen LogP contribution in [0.4, 0.5) is 0 Å². The van der Waals surface area contributed by atoms with Crippen LogP contribution in [0.3, 0.4) is 0 Å². The maximum absolute atomic E-state index is 6.29. The van der Waals surface area contributed by atoms with E-state index < -0.39 is 0 Å². The van der Waals surface area contributed by atoms with Crippen molar-refractivity contribution in [1.29, 1.82) is 0 Å². The number of hydrogen-bond donors (Lipinski definition) is 0. The highest BCUT2D eigenvalue weighted by molar-refractivity contribution is 6.07. The van der Waals surface area contributed by atoms with Gasteiger partial charge in [-0.25, -0.2) is 24.9 Å². The fraction of sp³-hybridized carbons (Fsp3) is 0. The molecular weight excluding hydrogens is 578 g/mol. The number of aromatic nitrogens is 5. The van der Waals surface area contributed by atoms with E-state index in [-0.39, 0.29) is 0 Å². The molecule has 220 valence electrons. The second-order valence-electron chi connectivity index (χ2n) is 11.4. The topological polar surface area (TPSA) is 77.6 Å². The molecule has 0 fully saturated rings. The van der Waals surface area contributed by atoms with Gasteiger partial charge in [0.15, 0.2) is 23.3 Å². The second kappa shape index (κ2) is 11.1. The fourth-order valence-corrected chi connectivity index (χ4v) is 5.96. The molecule has 0 spiro atoms. The van der Waals surface area contributed by atoms with Crippen molar-refractivity contribution >= 4 is 32.8 Å². The normalized spacial score (nSPS) is 11.4. The highest BCUT2D eigenvalue weighted by atomic mass is 16.3. The number of hydrogen-bond acceptors (Lipinski definition) is 6. The lowest BCUT2D eigenvalue weighted by Gasteiger charge is -2.09. The van der Waals surface area contributed by atoms with Crippen LogP contribution in [0.5, 0.6) is 0 Å². The van der Waals surface area contributed by atoms with E-state index in [9.17, 15) is 0 Å². The SMILES string of the molecule is c1ccc(-c2nc(-c3ccccc3)nc(-c3ccc(-c4ccc5oc6cc(-c7ncc8ccccc8n7)ccc6c5c4)cc3)n2)cc1. The predicted molar refractivity (Wildman–Crippen MR) is 187 cm³/mol. The molecule has 0 aliphatic heterocycles. The van der Waals surface area contributed by atoms with Gasteiger partial charge >= 0.3 is 0 Å². The third-order valence-electron chi connectivity index (χ3n) is 8.39. The highest BCUT2D eigenvalue weighted by Gasteiger charge is 2.14. The molecule has 0 bridgehead atoms. The molecule has 0 atom stereocenters. The van der Waals surface area contributed by atoms with Gasteiger partial charge in [-0.1, -0.05) is 115 Å². The summed E-state index contributed by atoms with van der Waals surface area (Å²) in [5, 5.41) is 3.13. The molecule has 0 aliphatic carbocycles. The molecule has 0 radical (unpaired) electrons. The van der Waals surface area contributed by atoms with Crippen LogP contribution in [0, 0.1) is 0 Å². The van der Waals surface area contributed by atoms with Crippen LogP contribution in [0.15, 0.2) is 156 Å². The zero-order valence-electron chi connectivity index (χ0n) is 25.1. The lowest BCUT2D eigenvalue weighted by molar-refractivity contribution is 0.669. The average molecular weight is 604 g/mol. The lowest BCUT2D eigenvalue weighted by atomic mass is 10.0. The fourth-order valence-electron chi connectivity index (χ4n) is 5.96. The molecule has 3 heterocycles. The summed E-state index contributed by atoms with van der Waals surface area (Å²) in [6.45, 7) is 0. The van der Waals surface area contributed by atoms with Crippen LogP contribution < -0.4 is 0 Å². The first kappa shape index (κ1) is 26.8. The summed E-state index contributed by atoms with van der Waals surface area (Å²) in [6.07, 6.45) is 1.86. The third-order valence-corrected chi connectivity index (χ3v) is 8.39. The summed E-state index contributed by atoms with van der Waals surface area (Å²) in [7, 11) is 0. The van der Waals surface area contributed by atoms with Gasteiger partial charge in [-0.2, -0.15) is 0 Å². The summed E-state index contributed by atoms with van der Waals surface area (Å²) in [5.74, 6) is 2.60. The van der Waals surface area contributed by atoms with Gasteiger partial charge in [0.2, 0.25) is 0 Å². The standard InChI is InChI=1S/C41H25N5O/c1-3-9-27(10-4-1)39-44-40(28-11-5-2-6-12-28)46-41(45-39)29-17-15-26(16-18-29)30-20-22-36-34(23-30)33-21-19-31(24-37(33)47-36)38-42-25-32-13-7-8-14-35(32)43-38/h1-25H. The Bertz CT molecular complexity index is 2500. The van der Waals surface area contributed by atoms with Gasteiger partial charge in [0.1, 0.15) is 11.2 Å². The summed E-state index contributed by atoms with van der Waals surface area (Å²) in [5.41, 5.74) is 8.48. The van der Waals surface area contributed by atoms with E-state index in [4.69, 9.17) is 24.4 Å². The number of furan rings is 1. The van der Waals surface area contributed by atoms with E-state index in [1.54, 1.807) is 0 Å². The van der Waals surface area contributed by atoms with Crippen molar-refractivity contribution in [2.24, 2.45) is 0 Å². The number of benzene rings is 6. The monoisotopic (exact) mass is 603 g/mol. The number of fused-ring (bicyclic) bond motifs is 4. The molecule has 47 heavy (non-hydrogen) atoms. The largest absolute Gasteiger partial charge is 0.456 e. The third kappa shape index (κ3) is 4.98. The van der Waals surface area contributed by atoms with Crippen molar-refractivity contribution < 1.29 is 4.42 Å². The molecule has 9 rings (SSSR count). The molecular formula is C41H25N5O. The molecule has 6 aromatic carbocycles. The first-order chi connectivity index (χ1) is 23.2.